The SMILES string of the molecule is NCCOCCOCCOCCNC(=O)CCCCC=O. The van der Waals surface area contributed by atoms with Crippen molar-refractivity contribution >= 4 is 12.2 Å². The lowest BCUT2D eigenvalue weighted by Crippen LogP contribution is -2.27. The van der Waals surface area contributed by atoms with Crippen LogP contribution in [0.4, 0.5) is 0 Å². The smallest absolute Gasteiger partial charge is 0.220 e. The lowest BCUT2D eigenvalue weighted by atomic mass is 10.2. The lowest BCUT2D eigenvalue weighted by molar-refractivity contribution is -0.121. The highest BCUT2D eigenvalue weighted by atomic mass is 16.5. The van der Waals surface area contributed by atoms with Crippen molar-refractivity contribution in [3.8, 4) is 0 Å². The monoisotopic (exact) mass is 304 g/mol. The lowest BCUT2D eigenvalue weighted by Gasteiger charge is -2.07. The van der Waals surface area contributed by atoms with Gasteiger partial charge in [0.15, 0.2) is 0 Å². The molecule has 0 rings (SSSR count). The second kappa shape index (κ2) is 17.0. The zero-order valence-electron chi connectivity index (χ0n) is 12.7. The van der Waals surface area contributed by atoms with E-state index in [1.165, 1.54) is 0 Å². The molecule has 3 N–H and O–H groups in total. The van der Waals surface area contributed by atoms with E-state index in [1.54, 1.807) is 0 Å². The number of carbonyl (C=O) groups excluding carboxylic acids is 2. The molecule has 0 saturated carbocycles. The normalized spacial score (nSPS) is 10.5. The van der Waals surface area contributed by atoms with Gasteiger partial charge in [-0.1, -0.05) is 0 Å². The van der Waals surface area contributed by atoms with Gasteiger partial charge in [0, 0.05) is 25.9 Å². The van der Waals surface area contributed by atoms with Crippen LogP contribution in [0.5, 0.6) is 0 Å². The number of hydrogen-bond acceptors (Lipinski definition) is 6. The van der Waals surface area contributed by atoms with Crippen molar-refractivity contribution in [2.75, 3.05) is 52.7 Å². The average Bonchev–Trinajstić information content (AvgIpc) is 2.49. The molecule has 0 spiro atoms. The number of nitrogens with two attached hydrogens (primary N) is 1. The van der Waals surface area contributed by atoms with Crippen LogP contribution in [0.15, 0.2) is 0 Å². The Morgan fingerprint density at radius 1 is 0.952 bits per heavy atom. The number of carbonyl (C=O) groups is 2. The zero-order valence-corrected chi connectivity index (χ0v) is 12.7. The summed E-state index contributed by atoms with van der Waals surface area (Å²) >= 11 is 0. The molecule has 7 heteroatoms. The van der Waals surface area contributed by atoms with E-state index >= 15 is 0 Å². The Hall–Kier alpha value is -1.02. The van der Waals surface area contributed by atoms with Gasteiger partial charge in [0.1, 0.15) is 6.29 Å². The van der Waals surface area contributed by atoms with E-state index in [1.807, 2.05) is 0 Å². The highest BCUT2D eigenvalue weighted by Crippen LogP contribution is 1.97. The van der Waals surface area contributed by atoms with Gasteiger partial charge in [-0.2, -0.15) is 0 Å². The van der Waals surface area contributed by atoms with Crippen molar-refractivity contribution in [2.45, 2.75) is 25.7 Å². The number of amides is 1. The standard InChI is InChI=1S/C14H28N2O5/c15-5-8-19-10-12-21-13-11-20-9-6-16-14(18)4-2-1-3-7-17/h7H,1-6,8-13,15H2,(H,16,18). The van der Waals surface area contributed by atoms with Gasteiger partial charge < -0.3 is 30.1 Å². The van der Waals surface area contributed by atoms with E-state index in [-0.39, 0.29) is 5.91 Å². The van der Waals surface area contributed by atoms with Crippen LogP contribution in [0.2, 0.25) is 0 Å². The predicted molar refractivity (Wildman–Crippen MR) is 79.1 cm³/mol. The molecule has 1 amide bonds. The molecular weight excluding hydrogens is 276 g/mol. The molecule has 0 fully saturated rings. The molecule has 0 aliphatic heterocycles. The van der Waals surface area contributed by atoms with Crippen LogP contribution >= 0.6 is 0 Å². The molecule has 7 nitrogen and oxygen atoms in total. The van der Waals surface area contributed by atoms with Crippen molar-refractivity contribution in [1.82, 2.24) is 5.32 Å². The molecule has 0 bridgehead atoms. The first-order valence-electron chi connectivity index (χ1n) is 7.45. The van der Waals surface area contributed by atoms with Crippen LogP contribution in [0, 0.1) is 0 Å². The number of hydrogen-bond donors (Lipinski definition) is 2. The van der Waals surface area contributed by atoms with Crippen molar-refractivity contribution in [3.05, 3.63) is 0 Å². The molecule has 0 heterocycles. The summed E-state index contributed by atoms with van der Waals surface area (Å²) in [5.41, 5.74) is 5.27. The molecule has 0 aromatic rings. The highest BCUT2D eigenvalue weighted by molar-refractivity contribution is 5.75. The fraction of sp³-hybridized carbons (Fsp3) is 0.857. The van der Waals surface area contributed by atoms with Crippen LogP contribution in [0.1, 0.15) is 25.7 Å². The summed E-state index contributed by atoms with van der Waals surface area (Å²) in [7, 11) is 0. The first kappa shape index (κ1) is 20.0. The summed E-state index contributed by atoms with van der Waals surface area (Å²) in [6.45, 7) is 4.09. The molecular formula is C14H28N2O5. The maximum absolute atomic E-state index is 11.4. The molecule has 0 aliphatic rings. The van der Waals surface area contributed by atoms with Gasteiger partial charge in [-0.15, -0.1) is 0 Å². The van der Waals surface area contributed by atoms with Crippen molar-refractivity contribution in [3.63, 3.8) is 0 Å². The first-order chi connectivity index (χ1) is 10.3. The van der Waals surface area contributed by atoms with Gasteiger partial charge in [-0.25, -0.2) is 0 Å². The molecule has 0 aliphatic carbocycles. The Balaban J connectivity index is 3.10. The van der Waals surface area contributed by atoms with E-state index in [0.29, 0.717) is 65.6 Å². The number of ether oxygens (including phenoxy) is 3. The van der Waals surface area contributed by atoms with E-state index < -0.39 is 0 Å². The molecule has 0 unspecified atom stereocenters. The summed E-state index contributed by atoms with van der Waals surface area (Å²) in [6.07, 6.45) is 3.36. The van der Waals surface area contributed by atoms with Gasteiger partial charge in [-0.3, -0.25) is 4.79 Å². The van der Waals surface area contributed by atoms with E-state index in [2.05, 4.69) is 5.32 Å². The average molecular weight is 304 g/mol. The molecule has 0 radical (unpaired) electrons. The minimum Gasteiger partial charge on any atom is -0.378 e. The first-order valence-corrected chi connectivity index (χ1v) is 7.45. The second-order valence-corrected chi connectivity index (χ2v) is 4.39. The number of nitrogens with one attached hydrogen (secondary N) is 1. The Morgan fingerprint density at radius 3 is 2.19 bits per heavy atom. The maximum atomic E-state index is 11.4. The number of rotatable bonds is 16. The van der Waals surface area contributed by atoms with E-state index in [0.717, 1.165) is 19.1 Å². The van der Waals surface area contributed by atoms with Crippen molar-refractivity contribution in [2.24, 2.45) is 5.73 Å². The summed E-state index contributed by atoms with van der Waals surface area (Å²) in [4.78, 5) is 21.5. The fourth-order valence-electron chi connectivity index (χ4n) is 1.49. The third-order valence-corrected chi connectivity index (χ3v) is 2.55. The van der Waals surface area contributed by atoms with Crippen LogP contribution in [-0.2, 0) is 23.8 Å². The highest BCUT2D eigenvalue weighted by Gasteiger charge is 2.00. The van der Waals surface area contributed by atoms with Gasteiger partial charge in [0.25, 0.3) is 0 Å². The van der Waals surface area contributed by atoms with Gasteiger partial charge in [-0.05, 0) is 12.8 Å². The second-order valence-electron chi connectivity index (χ2n) is 4.39. The molecule has 0 aromatic heterocycles. The third-order valence-electron chi connectivity index (χ3n) is 2.55. The molecule has 124 valence electrons. The number of aldehydes is 1. The summed E-state index contributed by atoms with van der Waals surface area (Å²) in [5, 5.41) is 2.76. The van der Waals surface area contributed by atoms with Crippen LogP contribution < -0.4 is 11.1 Å². The third kappa shape index (κ3) is 16.9. The van der Waals surface area contributed by atoms with Crippen LogP contribution in [0.3, 0.4) is 0 Å². The Bertz CT molecular complexity index is 252. The molecule has 21 heavy (non-hydrogen) atoms. The van der Waals surface area contributed by atoms with Crippen molar-refractivity contribution < 1.29 is 23.8 Å². The maximum Gasteiger partial charge on any atom is 0.220 e. The Morgan fingerprint density at radius 2 is 1.57 bits per heavy atom. The molecule has 0 atom stereocenters. The minimum absolute atomic E-state index is 0.00204. The molecule has 0 saturated heterocycles. The number of unbranched alkanes of at least 4 members (excludes halogenated alkanes) is 2. The largest absolute Gasteiger partial charge is 0.378 e. The van der Waals surface area contributed by atoms with Gasteiger partial charge in [0.05, 0.1) is 39.6 Å². The fourth-order valence-corrected chi connectivity index (χ4v) is 1.49. The summed E-state index contributed by atoms with van der Waals surface area (Å²) in [5.74, 6) is -0.00204. The predicted octanol–water partition coefficient (Wildman–Crippen LogP) is -0.130. The van der Waals surface area contributed by atoms with Crippen LogP contribution in [0.25, 0.3) is 0 Å². The Labute approximate surface area is 126 Å². The topological polar surface area (TPSA) is 99.9 Å². The Kier molecular flexibility index (Phi) is 16.2. The zero-order chi connectivity index (χ0) is 15.6. The van der Waals surface area contributed by atoms with Gasteiger partial charge >= 0.3 is 0 Å². The minimum atomic E-state index is -0.00204. The summed E-state index contributed by atoms with van der Waals surface area (Å²) in [6, 6.07) is 0. The van der Waals surface area contributed by atoms with Crippen LogP contribution in [-0.4, -0.2) is 64.9 Å². The summed E-state index contributed by atoms with van der Waals surface area (Å²) < 4.78 is 15.7. The van der Waals surface area contributed by atoms with Crippen molar-refractivity contribution in [1.29, 1.82) is 0 Å². The molecule has 0 aromatic carbocycles. The van der Waals surface area contributed by atoms with Gasteiger partial charge in [0.2, 0.25) is 5.91 Å². The quantitative estimate of drug-likeness (QED) is 0.304. The van der Waals surface area contributed by atoms with E-state index in [9.17, 15) is 9.59 Å². The van der Waals surface area contributed by atoms with E-state index in [4.69, 9.17) is 19.9 Å².